The van der Waals surface area contributed by atoms with Gasteiger partial charge in [0, 0.05) is 38.3 Å². The lowest BCUT2D eigenvalue weighted by Crippen LogP contribution is -1.92. The van der Waals surface area contributed by atoms with Crippen LogP contribution in [0.15, 0.2) is 115 Å². The van der Waals surface area contributed by atoms with Crippen LogP contribution in [-0.4, -0.2) is 9.55 Å². The van der Waals surface area contributed by atoms with E-state index in [0.717, 1.165) is 44.0 Å². The lowest BCUT2D eigenvalue weighted by atomic mass is 10.0. The zero-order valence-electron chi connectivity index (χ0n) is 20.2. The fourth-order valence-electron chi connectivity index (χ4n) is 4.76. The molecule has 7 aromatic rings. The standard InChI is InChI=1S/C30H20N2/c1-2-8-22(9-3-1)32-29-13-7-5-11-24(29)26-19-21(15-17-30(26)32)20-14-16-28-25(18-20)23-10-4-6-12-27(23)31-28/h1-19,31H/i15D,17D,19D. The molecule has 2 aromatic heterocycles. The summed E-state index contributed by atoms with van der Waals surface area (Å²) in [5, 5.41) is 3.78. The molecule has 0 fully saturated rings. The number of hydrogen-bond donors (Lipinski definition) is 1. The quantitative estimate of drug-likeness (QED) is 0.297. The Bertz CT molecular complexity index is 1930. The monoisotopic (exact) mass is 411 g/mol. The third kappa shape index (κ3) is 2.47. The first kappa shape index (κ1) is 14.7. The van der Waals surface area contributed by atoms with E-state index in [4.69, 9.17) is 2.74 Å². The molecular weight excluding hydrogens is 388 g/mol. The normalized spacial score (nSPS) is 13.1. The maximum absolute atomic E-state index is 9.28. The molecule has 0 unspecified atom stereocenters. The summed E-state index contributed by atoms with van der Waals surface area (Å²) in [6.07, 6.45) is 0. The summed E-state index contributed by atoms with van der Waals surface area (Å²) in [5.74, 6) is 0. The van der Waals surface area contributed by atoms with Crippen LogP contribution in [0, 0.1) is 0 Å². The highest BCUT2D eigenvalue weighted by Gasteiger charge is 2.13. The molecule has 7 rings (SSSR count). The number of aromatic amines is 1. The fourth-order valence-corrected chi connectivity index (χ4v) is 4.76. The minimum atomic E-state index is 0.0710. The predicted molar refractivity (Wildman–Crippen MR) is 136 cm³/mol. The van der Waals surface area contributed by atoms with E-state index in [-0.39, 0.29) is 18.1 Å². The van der Waals surface area contributed by atoms with Gasteiger partial charge in [-0.1, -0.05) is 66.7 Å². The van der Waals surface area contributed by atoms with Crippen molar-refractivity contribution in [3.8, 4) is 16.8 Å². The lowest BCUT2D eigenvalue weighted by molar-refractivity contribution is 1.18. The predicted octanol–water partition coefficient (Wildman–Crippen LogP) is 8.09. The first-order valence-electron chi connectivity index (χ1n) is 12.2. The summed E-state index contributed by atoms with van der Waals surface area (Å²) in [7, 11) is 0. The van der Waals surface area contributed by atoms with Gasteiger partial charge in [0.1, 0.15) is 0 Å². The molecule has 0 aliphatic carbocycles. The molecule has 5 aromatic carbocycles. The maximum atomic E-state index is 9.28. The number of benzene rings is 5. The second kappa shape index (κ2) is 6.60. The van der Waals surface area contributed by atoms with Crippen LogP contribution in [0.5, 0.6) is 0 Å². The molecule has 2 heterocycles. The molecule has 0 radical (unpaired) electrons. The van der Waals surface area contributed by atoms with Crippen LogP contribution in [0.1, 0.15) is 4.11 Å². The zero-order chi connectivity index (χ0) is 23.7. The number of H-pyrrole nitrogens is 1. The molecule has 2 nitrogen and oxygen atoms in total. The number of para-hydroxylation sites is 3. The van der Waals surface area contributed by atoms with Gasteiger partial charge in [-0.3, -0.25) is 0 Å². The third-order valence-corrected chi connectivity index (χ3v) is 6.24. The number of nitrogens with one attached hydrogen (secondary N) is 1. The van der Waals surface area contributed by atoms with Gasteiger partial charge < -0.3 is 9.55 Å². The Balaban J connectivity index is 1.60. The van der Waals surface area contributed by atoms with Crippen molar-refractivity contribution < 1.29 is 4.11 Å². The van der Waals surface area contributed by atoms with Gasteiger partial charge in [-0.2, -0.15) is 0 Å². The molecular formula is C30H20N2. The average molecular weight is 412 g/mol. The van der Waals surface area contributed by atoms with Gasteiger partial charge in [0.2, 0.25) is 0 Å². The number of aromatic nitrogens is 2. The molecule has 1 N–H and O–H groups in total. The van der Waals surface area contributed by atoms with E-state index in [9.17, 15) is 1.37 Å². The van der Waals surface area contributed by atoms with Crippen molar-refractivity contribution >= 4 is 43.6 Å². The van der Waals surface area contributed by atoms with Gasteiger partial charge in [0.15, 0.2) is 0 Å². The van der Waals surface area contributed by atoms with Crippen molar-refractivity contribution in [3.05, 3.63) is 115 Å². The van der Waals surface area contributed by atoms with E-state index in [1.54, 1.807) is 0 Å². The molecule has 0 spiro atoms. The van der Waals surface area contributed by atoms with E-state index in [0.29, 0.717) is 16.5 Å². The van der Waals surface area contributed by atoms with Crippen LogP contribution in [0.2, 0.25) is 0 Å². The van der Waals surface area contributed by atoms with Gasteiger partial charge in [-0.05, 0) is 59.6 Å². The zero-order valence-corrected chi connectivity index (χ0v) is 17.2. The van der Waals surface area contributed by atoms with Gasteiger partial charge in [0.05, 0.1) is 15.1 Å². The molecule has 0 aliphatic heterocycles. The number of hydrogen-bond acceptors (Lipinski definition) is 0. The van der Waals surface area contributed by atoms with Crippen molar-refractivity contribution in [2.24, 2.45) is 0 Å². The maximum Gasteiger partial charge on any atom is 0.0645 e. The highest BCUT2D eigenvalue weighted by Crippen LogP contribution is 2.36. The Morgan fingerprint density at radius 1 is 0.562 bits per heavy atom. The molecule has 2 heteroatoms. The average Bonchev–Trinajstić information content (AvgIpc) is 3.44. The molecule has 0 amide bonds. The number of rotatable bonds is 2. The van der Waals surface area contributed by atoms with Gasteiger partial charge >= 0.3 is 0 Å². The second-order valence-corrected chi connectivity index (χ2v) is 8.09. The first-order chi connectivity index (χ1) is 17.1. The molecule has 150 valence electrons. The molecule has 0 aliphatic rings. The SMILES string of the molecule is [2H]c1c(-c2ccc3[nH]c4ccccc4c3c2)c([2H])c2c3ccccc3n(-c3ccccc3)c2c1[2H]. The van der Waals surface area contributed by atoms with Crippen molar-refractivity contribution in [2.45, 2.75) is 0 Å². The van der Waals surface area contributed by atoms with Crippen molar-refractivity contribution in [1.29, 1.82) is 0 Å². The van der Waals surface area contributed by atoms with Gasteiger partial charge in [-0.15, -0.1) is 0 Å². The van der Waals surface area contributed by atoms with Crippen LogP contribution >= 0.6 is 0 Å². The Morgan fingerprint density at radius 2 is 1.31 bits per heavy atom. The van der Waals surface area contributed by atoms with Crippen molar-refractivity contribution in [1.82, 2.24) is 9.55 Å². The fraction of sp³-hybridized carbons (Fsp3) is 0. The summed E-state index contributed by atoms with van der Waals surface area (Å²) in [4.78, 5) is 3.44. The summed E-state index contributed by atoms with van der Waals surface area (Å²) in [6.45, 7) is 0. The largest absolute Gasteiger partial charge is 0.355 e. The molecule has 0 saturated carbocycles. The lowest BCUT2D eigenvalue weighted by Gasteiger charge is -2.08. The van der Waals surface area contributed by atoms with Crippen LogP contribution in [0.4, 0.5) is 0 Å². The van der Waals surface area contributed by atoms with Gasteiger partial charge in [0.25, 0.3) is 0 Å². The Hall–Kier alpha value is -4.30. The number of fused-ring (bicyclic) bond motifs is 6. The molecule has 32 heavy (non-hydrogen) atoms. The summed E-state index contributed by atoms with van der Waals surface area (Å²) < 4.78 is 29.3. The van der Waals surface area contributed by atoms with E-state index in [1.165, 1.54) is 0 Å². The van der Waals surface area contributed by atoms with Crippen LogP contribution in [0.3, 0.4) is 0 Å². The topological polar surface area (TPSA) is 20.7 Å². The highest BCUT2D eigenvalue weighted by molar-refractivity contribution is 6.11. The van der Waals surface area contributed by atoms with E-state index >= 15 is 0 Å². The third-order valence-electron chi connectivity index (χ3n) is 6.24. The molecule has 0 bridgehead atoms. The Kier molecular flexibility index (Phi) is 3.02. The smallest absolute Gasteiger partial charge is 0.0645 e. The molecule has 0 saturated heterocycles. The Morgan fingerprint density at radius 3 is 2.22 bits per heavy atom. The summed E-state index contributed by atoms with van der Waals surface area (Å²) in [5.41, 5.74) is 5.79. The van der Waals surface area contributed by atoms with E-state index in [1.807, 2.05) is 95.6 Å². The minimum Gasteiger partial charge on any atom is -0.355 e. The van der Waals surface area contributed by atoms with Crippen molar-refractivity contribution in [2.75, 3.05) is 0 Å². The second-order valence-electron chi connectivity index (χ2n) is 8.09. The Labute approximate surface area is 189 Å². The summed E-state index contributed by atoms with van der Waals surface area (Å²) in [6, 6.07) is 32.5. The van der Waals surface area contributed by atoms with Crippen LogP contribution in [-0.2, 0) is 0 Å². The van der Waals surface area contributed by atoms with Crippen molar-refractivity contribution in [3.63, 3.8) is 0 Å². The van der Waals surface area contributed by atoms with Crippen LogP contribution < -0.4 is 0 Å². The summed E-state index contributed by atoms with van der Waals surface area (Å²) >= 11 is 0. The highest BCUT2D eigenvalue weighted by atomic mass is 15.0. The van der Waals surface area contributed by atoms with E-state index < -0.39 is 0 Å². The number of nitrogens with zero attached hydrogens (tertiary/aromatic N) is 1. The minimum absolute atomic E-state index is 0.0710. The van der Waals surface area contributed by atoms with E-state index in [2.05, 4.69) is 11.1 Å². The first-order valence-corrected chi connectivity index (χ1v) is 10.7. The molecule has 0 atom stereocenters. The van der Waals surface area contributed by atoms with Gasteiger partial charge in [-0.25, -0.2) is 0 Å². The van der Waals surface area contributed by atoms with Crippen LogP contribution in [0.25, 0.3) is 60.4 Å².